The molecule has 0 heterocycles. The van der Waals surface area contributed by atoms with Crippen molar-refractivity contribution in [2.24, 2.45) is 0 Å². The lowest BCUT2D eigenvalue weighted by atomic mass is 10.0. The molecule has 5 heteroatoms. The molecule has 146 valence electrons. The zero-order valence-corrected chi connectivity index (χ0v) is 16.5. The first-order valence-electron chi connectivity index (χ1n) is 9.00. The first kappa shape index (κ1) is 21.6. The standard InChI is InChI=1S/C23H25ClN2O2/c1-3-19(12-17(2)24)23(28)15-25-10-11-26-22-9-5-8-21(14-22)20-7-4-6-18(13-20)16-27/h3-9,12-14,16,23,25-26,28H,1-2,10-11,15H2/b19-12+. The summed E-state index contributed by atoms with van der Waals surface area (Å²) in [5.74, 6) is 0. The molecule has 0 radical (unpaired) electrons. The van der Waals surface area contributed by atoms with E-state index in [0.717, 1.165) is 23.1 Å². The third kappa shape index (κ3) is 6.82. The molecule has 0 fully saturated rings. The summed E-state index contributed by atoms with van der Waals surface area (Å²) in [5, 5.41) is 17.0. The Morgan fingerprint density at radius 2 is 1.86 bits per heavy atom. The number of rotatable bonds is 11. The number of anilines is 1. The maximum absolute atomic E-state index is 11.0. The lowest BCUT2D eigenvalue weighted by molar-refractivity contribution is 0.112. The van der Waals surface area contributed by atoms with Crippen LogP contribution in [0.4, 0.5) is 5.69 Å². The van der Waals surface area contributed by atoms with E-state index in [4.69, 9.17) is 11.6 Å². The van der Waals surface area contributed by atoms with E-state index >= 15 is 0 Å². The van der Waals surface area contributed by atoms with Gasteiger partial charge in [0, 0.05) is 35.9 Å². The minimum atomic E-state index is -0.693. The Morgan fingerprint density at radius 3 is 2.54 bits per heavy atom. The Kier molecular flexibility index (Phi) is 8.69. The molecule has 0 saturated heterocycles. The van der Waals surface area contributed by atoms with Gasteiger partial charge in [0.05, 0.1) is 6.10 Å². The Balaban J connectivity index is 1.84. The Bertz CT molecular complexity index is 861. The van der Waals surface area contributed by atoms with Crippen molar-refractivity contribution in [1.82, 2.24) is 5.32 Å². The number of carbonyl (C=O) groups excluding carboxylic acids is 1. The summed E-state index contributed by atoms with van der Waals surface area (Å²) < 4.78 is 0. The van der Waals surface area contributed by atoms with Crippen LogP contribution in [-0.2, 0) is 0 Å². The molecule has 0 aliphatic carbocycles. The molecule has 4 nitrogen and oxygen atoms in total. The highest BCUT2D eigenvalue weighted by atomic mass is 35.5. The third-order valence-electron chi connectivity index (χ3n) is 4.13. The summed E-state index contributed by atoms with van der Waals surface area (Å²) in [6, 6.07) is 15.5. The lowest BCUT2D eigenvalue weighted by Gasteiger charge is -2.14. The van der Waals surface area contributed by atoms with Crippen LogP contribution >= 0.6 is 11.6 Å². The quantitative estimate of drug-likeness (QED) is 0.299. The van der Waals surface area contributed by atoms with Crippen molar-refractivity contribution >= 4 is 23.6 Å². The zero-order chi connectivity index (χ0) is 20.4. The van der Waals surface area contributed by atoms with Gasteiger partial charge < -0.3 is 15.7 Å². The van der Waals surface area contributed by atoms with Crippen molar-refractivity contribution in [2.45, 2.75) is 6.10 Å². The monoisotopic (exact) mass is 396 g/mol. The molecular weight excluding hydrogens is 372 g/mol. The SMILES string of the molecule is C=C/C(=C\C(=C)Cl)C(O)CNCCNc1cccc(-c2cccc(C=O)c2)c1. The maximum Gasteiger partial charge on any atom is 0.150 e. The van der Waals surface area contributed by atoms with E-state index in [1.165, 1.54) is 0 Å². The van der Waals surface area contributed by atoms with Gasteiger partial charge in [0.25, 0.3) is 0 Å². The molecule has 2 aromatic carbocycles. The van der Waals surface area contributed by atoms with E-state index in [-0.39, 0.29) is 0 Å². The van der Waals surface area contributed by atoms with E-state index in [1.54, 1.807) is 18.2 Å². The van der Waals surface area contributed by atoms with Crippen LogP contribution in [0, 0.1) is 0 Å². The fraction of sp³-hybridized carbons (Fsp3) is 0.174. The summed E-state index contributed by atoms with van der Waals surface area (Å²) in [7, 11) is 0. The van der Waals surface area contributed by atoms with Crippen LogP contribution in [-0.4, -0.2) is 37.1 Å². The van der Waals surface area contributed by atoms with Crippen LogP contribution in [0.25, 0.3) is 11.1 Å². The molecule has 0 saturated carbocycles. The van der Waals surface area contributed by atoms with Gasteiger partial charge >= 0.3 is 0 Å². The molecule has 0 aliphatic rings. The zero-order valence-electron chi connectivity index (χ0n) is 15.7. The largest absolute Gasteiger partial charge is 0.387 e. The van der Waals surface area contributed by atoms with Gasteiger partial charge in [-0.2, -0.15) is 0 Å². The minimum Gasteiger partial charge on any atom is -0.387 e. The normalized spacial score (nSPS) is 12.3. The summed E-state index contributed by atoms with van der Waals surface area (Å²) in [5.41, 5.74) is 4.31. The first-order valence-corrected chi connectivity index (χ1v) is 9.38. The van der Waals surface area contributed by atoms with Gasteiger partial charge in [-0.15, -0.1) is 0 Å². The van der Waals surface area contributed by atoms with Crippen molar-refractivity contribution in [3.05, 3.63) is 90.0 Å². The Hall–Kier alpha value is -2.66. The highest BCUT2D eigenvalue weighted by Crippen LogP contribution is 2.23. The number of aldehydes is 1. The van der Waals surface area contributed by atoms with Crippen LogP contribution in [0.2, 0.25) is 0 Å². The smallest absolute Gasteiger partial charge is 0.150 e. The molecule has 2 aromatic rings. The molecule has 1 atom stereocenters. The average Bonchev–Trinajstić information content (AvgIpc) is 2.71. The molecule has 28 heavy (non-hydrogen) atoms. The fourth-order valence-corrected chi connectivity index (χ4v) is 2.85. The number of hydrogen-bond acceptors (Lipinski definition) is 4. The van der Waals surface area contributed by atoms with Crippen LogP contribution in [0.15, 0.2) is 84.4 Å². The van der Waals surface area contributed by atoms with Crippen LogP contribution in [0.3, 0.4) is 0 Å². The van der Waals surface area contributed by atoms with E-state index in [9.17, 15) is 9.90 Å². The highest BCUT2D eigenvalue weighted by Gasteiger charge is 2.07. The number of nitrogens with one attached hydrogen (secondary N) is 2. The first-order chi connectivity index (χ1) is 13.5. The van der Waals surface area contributed by atoms with Gasteiger partial charge in [0.1, 0.15) is 6.29 Å². The Labute approximate surface area is 171 Å². The van der Waals surface area contributed by atoms with Gasteiger partial charge in [-0.3, -0.25) is 4.79 Å². The van der Waals surface area contributed by atoms with E-state index in [1.807, 2.05) is 42.5 Å². The maximum atomic E-state index is 11.0. The summed E-state index contributed by atoms with van der Waals surface area (Å²) in [4.78, 5) is 11.0. The fourth-order valence-electron chi connectivity index (χ4n) is 2.72. The van der Waals surface area contributed by atoms with Crippen molar-refractivity contribution in [1.29, 1.82) is 0 Å². The van der Waals surface area contributed by atoms with Gasteiger partial charge in [-0.1, -0.05) is 61.2 Å². The molecule has 3 N–H and O–H groups in total. The minimum absolute atomic E-state index is 0.356. The number of halogens is 1. The molecule has 0 bridgehead atoms. The van der Waals surface area contributed by atoms with Crippen LogP contribution in [0.5, 0.6) is 0 Å². The summed E-state index contributed by atoms with van der Waals surface area (Å²) in [6.45, 7) is 9.03. The van der Waals surface area contributed by atoms with Gasteiger partial charge in [-0.05, 0) is 41.0 Å². The van der Waals surface area contributed by atoms with Crippen molar-refractivity contribution in [3.63, 3.8) is 0 Å². The predicted octanol–water partition coefficient (Wildman–Crippen LogP) is 4.39. The van der Waals surface area contributed by atoms with Gasteiger partial charge in [0.15, 0.2) is 0 Å². The van der Waals surface area contributed by atoms with Crippen molar-refractivity contribution in [2.75, 3.05) is 25.0 Å². The lowest BCUT2D eigenvalue weighted by Crippen LogP contribution is -2.31. The van der Waals surface area contributed by atoms with Crippen LogP contribution in [0.1, 0.15) is 10.4 Å². The van der Waals surface area contributed by atoms with E-state index in [2.05, 4.69) is 23.8 Å². The number of hydrogen-bond donors (Lipinski definition) is 3. The third-order valence-corrected chi connectivity index (χ3v) is 4.24. The highest BCUT2D eigenvalue weighted by molar-refractivity contribution is 6.30. The molecular formula is C23H25ClN2O2. The number of aliphatic hydroxyl groups is 1. The molecule has 0 amide bonds. The van der Waals surface area contributed by atoms with Crippen molar-refractivity contribution in [3.8, 4) is 11.1 Å². The number of carbonyl (C=O) groups is 1. The number of allylic oxidation sites excluding steroid dienone is 2. The second-order valence-electron chi connectivity index (χ2n) is 6.27. The molecule has 2 rings (SSSR count). The van der Waals surface area contributed by atoms with E-state index in [0.29, 0.717) is 35.8 Å². The average molecular weight is 397 g/mol. The number of aliphatic hydroxyl groups excluding tert-OH is 1. The van der Waals surface area contributed by atoms with Gasteiger partial charge in [-0.25, -0.2) is 0 Å². The van der Waals surface area contributed by atoms with E-state index < -0.39 is 6.10 Å². The number of benzene rings is 2. The molecule has 0 spiro atoms. The molecule has 1 unspecified atom stereocenters. The van der Waals surface area contributed by atoms with Gasteiger partial charge in [0.2, 0.25) is 0 Å². The van der Waals surface area contributed by atoms with Crippen LogP contribution < -0.4 is 10.6 Å². The topological polar surface area (TPSA) is 61.4 Å². The second-order valence-corrected chi connectivity index (χ2v) is 6.75. The predicted molar refractivity (Wildman–Crippen MR) is 118 cm³/mol. The Morgan fingerprint density at radius 1 is 1.14 bits per heavy atom. The van der Waals surface area contributed by atoms with Crippen molar-refractivity contribution < 1.29 is 9.90 Å². The molecule has 0 aliphatic heterocycles. The second kappa shape index (κ2) is 11.2. The summed E-state index contributed by atoms with van der Waals surface area (Å²) >= 11 is 5.74. The molecule has 0 aromatic heterocycles. The summed E-state index contributed by atoms with van der Waals surface area (Å²) in [6.07, 6.45) is 3.33.